The fourth-order valence-corrected chi connectivity index (χ4v) is 2.15. The highest BCUT2D eigenvalue weighted by molar-refractivity contribution is 6.05. The van der Waals surface area contributed by atoms with Crippen molar-refractivity contribution in [3.63, 3.8) is 0 Å². The van der Waals surface area contributed by atoms with Crippen LogP contribution >= 0.6 is 0 Å². The van der Waals surface area contributed by atoms with Crippen molar-refractivity contribution >= 4 is 29.0 Å². The van der Waals surface area contributed by atoms with Crippen LogP contribution in [0.3, 0.4) is 0 Å². The average molecular weight is 301 g/mol. The maximum absolute atomic E-state index is 11.4. The molecule has 3 N–H and O–H groups in total. The fraction of sp³-hybridized carbons (Fsp3) is 0.200. The number of hydrogen-bond acceptors (Lipinski definition) is 5. The Bertz CT molecular complexity index is 758. The van der Waals surface area contributed by atoms with Crippen molar-refractivity contribution in [2.75, 3.05) is 13.7 Å². The van der Waals surface area contributed by atoms with Gasteiger partial charge in [-0.05, 0) is 12.1 Å². The first kappa shape index (κ1) is 15.6. The lowest BCUT2D eigenvalue weighted by Gasteiger charge is -2.17. The molecular formula is C15H15N3O4. The van der Waals surface area contributed by atoms with Crippen molar-refractivity contribution < 1.29 is 19.5 Å². The first-order chi connectivity index (χ1) is 10.5. The summed E-state index contributed by atoms with van der Waals surface area (Å²) in [7, 11) is 1.51. The van der Waals surface area contributed by atoms with Gasteiger partial charge in [-0.1, -0.05) is 12.1 Å². The van der Waals surface area contributed by atoms with E-state index in [0.29, 0.717) is 22.8 Å². The molecule has 0 saturated carbocycles. The van der Waals surface area contributed by atoms with Gasteiger partial charge in [0.2, 0.25) is 5.91 Å². The number of amides is 2. The van der Waals surface area contributed by atoms with Crippen molar-refractivity contribution in [1.82, 2.24) is 9.88 Å². The van der Waals surface area contributed by atoms with Crippen molar-refractivity contribution in [3.05, 3.63) is 41.1 Å². The number of benzene rings is 1. The number of aliphatic hydroxyl groups excluding tert-OH is 1. The maximum Gasteiger partial charge on any atom is 0.250 e. The quantitative estimate of drug-likeness (QED) is 0.760. The lowest BCUT2D eigenvalue weighted by molar-refractivity contribution is -0.133. The smallest absolute Gasteiger partial charge is 0.250 e. The molecule has 0 atom stereocenters. The first-order valence-electron chi connectivity index (χ1n) is 6.50. The number of nitrogens with zero attached hydrogens (tertiary/aromatic N) is 2. The van der Waals surface area contributed by atoms with Gasteiger partial charge in [-0.3, -0.25) is 14.4 Å². The van der Waals surface area contributed by atoms with Gasteiger partial charge in [-0.2, -0.15) is 0 Å². The Morgan fingerprint density at radius 3 is 2.73 bits per heavy atom. The molecule has 2 amide bonds. The number of aromatic nitrogens is 1. The van der Waals surface area contributed by atoms with Crippen LogP contribution in [-0.2, 0) is 11.3 Å². The number of carbonyl (C=O) groups excluding carboxylic acids is 3. The Hall–Kier alpha value is -2.80. The van der Waals surface area contributed by atoms with Crippen molar-refractivity contribution in [1.29, 1.82) is 0 Å². The summed E-state index contributed by atoms with van der Waals surface area (Å²) in [6.07, 6.45) is 0.559. The molecule has 114 valence electrons. The van der Waals surface area contributed by atoms with Crippen molar-refractivity contribution in [2.45, 2.75) is 6.54 Å². The van der Waals surface area contributed by atoms with Gasteiger partial charge in [0.25, 0.3) is 5.91 Å². The normalized spacial score (nSPS) is 10.5. The summed E-state index contributed by atoms with van der Waals surface area (Å²) in [6.45, 7) is -0.489. The zero-order valence-electron chi connectivity index (χ0n) is 11.9. The van der Waals surface area contributed by atoms with Crippen LogP contribution in [0.4, 0.5) is 0 Å². The van der Waals surface area contributed by atoms with E-state index < -0.39 is 18.4 Å². The van der Waals surface area contributed by atoms with Gasteiger partial charge in [0.15, 0.2) is 6.29 Å². The van der Waals surface area contributed by atoms with Crippen LogP contribution in [0.5, 0.6) is 0 Å². The molecule has 0 bridgehead atoms. The summed E-state index contributed by atoms with van der Waals surface area (Å²) >= 11 is 0. The van der Waals surface area contributed by atoms with Crippen molar-refractivity contribution in [3.8, 4) is 0 Å². The molecule has 0 spiro atoms. The Morgan fingerprint density at radius 2 is 2.14 bits per heavy atom. The second-order valence-corrected chi connectivity index (χ2v) is 4.80. The molecule has 0 unspecified atom stereocenters. The van der Waals surface area contributed by atoms with E-state index in [1.165, 1.54) is 18.0 Å². The highest BCUT2D eigenvalue weighted by Crippen LogP contribution is 2.20. The molecule has 0 aliphatic carbocycles. The van der Waals surface area contributed by atoms with Gasteiger partial charge < -0.3 is 15.7 Å². The summed E-state index contributed by atoms with van der Waals surface area (Å²) < 4.78 is 0. The molecule has 22 heavy (non-hydrogen) atoms. The largest absolute Gasteiger partial charge is 0.387 e. The van der Waals surface area contributed by atoms with E-state index >= 15 is 0 Å². The SMILES string of the molecule is CN(Cc1cc2cccc(C(N)=O)c2nc1C=O)C(=O)CO. The predicted molar refractivity (Wildman–Crippen MR) is 79.2 cm³/mol. The van der Waals surface area contributed by atoms with Gasteiger partial charge in [0, 0.05) is 24.5 Å². The average Bonchev–Trinajstić information content (AvgIpc) is 2.52. The minimum atomic E-state index is -0.629. The highest BCUT2D eigenvalue weighted by Gasteiger charge is 2.15. The van der Waals surface area contributed by atoms with Crippen LogP contribution < -0.4 is 5.73 Å². The summed E-state index contributed by atoms with van der Waals surface area (Å²) in [5, 5.41) is 9.49. The van der Waals surface area contributed by atoms with E-state index in [0.717, 1.165) is 0 Å². The molecular weight excluding hydrogens is 286 g/mol. The third kappa shape index (κ3) is 2.94. The molecule has 7 heteroatoms. The first-order valence-corrected chi connectivity index (χ1v) is 6.50. The van der Waals surface area contributed by atoms with Gasteiger partial charge >= 0.3 is 0 Å². The molecule has 7 nitrogen and oxygen atoms in total. The molecule has 0 saturated heterocycles. The Balaban J connectivity index is 2.54. The number of aldehydes is 1. The molecule has 1 aromatic heterocycles. The summed E-state index contributed by atoms with van der Waals surface area (Å²) in [6, 6.07) is 6.62. The number of rotatable bonds is 5. The zero-order valence-corrected chi connectivity index (χ0v) is 11.9. The van der Waals surface area contributed by atoms with Crippen molar-refractivity contribution in [2.24, 2.45) is 5.73 Å². The van der Waals surface area contributed by atoms with Gasteiger partial charge in [0.1, 0.15) is 12.3 Å². The number of fused-ring (bicyclic) bond motifs is 1. The van der Waals surface area contributed by atoms with Crippen LogP contribution in [0.25, 0.3) is 10.9 Å². The lowest BCUT2D eigenvalue weighted by atomic mass is 10.1. The lowest BCUT2D eigenvalue weighted by Crippen LogP contribution is -2.29. The molecule has 0 radical (unpaired) electrons. The predicted octanol–water partition coefficient (Wildman–Crippen LogP) is 0.0969. The third-order valence-corrected chi connectivity index (χ3v) is 3.30. The number of likely N-dealkylation sites (N-methyl/N-ethyl adjacent to an activating group) is 1. The summed E-state index contributed by atoms with van der Waals surface area (Å²) in [5.41, 5.74) is 6.52. The topological polar surface area (TPSA) is 114 Å². The Labute approximate surface area is 126 Å². The van der Waals surface area contributed by atoms with E-state index in [-0.39, 0.29) is 17.8 Å². The number of primary amides is 1. The van der Waals surface area contributed by atoms with E-state index in [1.807, 2.05) is 0 Å². The van der Waals surface area contributed by atoms with E-state index in [1.54, 1.807) is 18.2 Å². The molecule has 1 heterocycles. The molecule has 1 aromatic carbocycles. The maximum atomic E-state index is 11.4. The molecule has 2 aromatic rings. The number of carbonyl (C=O) groups is 3. The third-order valence-electron chi connectivity index (χ3n) is 3.30. The Morgan fingerprint density at radius 1 is 1.41 bits per heavy atom. The monoisotopic (exact) mass is 301 g/mol. The second-order valence-electron chi connectivity index (χ2n) is 4.80. The molecule has 0 aliphatic rings. The number of pyridine rings is 1. The molecule has 0 fully saturated rings. The second kappa shape index (κ2) is 6.31. The number of para-hydroxylation sites is 1. The molecule has 2 rings (SSSR count). The number of hydrogen-bond donors (Lipinski definition) is 2. The van der Waals surface area contributed by atoms with Crippen LogP contribution in [0.2, 0.25) is 0 Å². The standard InChI is InChI=1S/C15H15N3O4/c1-18(13(21)8-20)6-10-5-9-3-2-4-11(15(16)22)14(9)17-12(10)7-19/h2-5,7,20H,6,8H2,1H3,(H2,16,22). The zero-order chi connectivity index (χ0) is 16.3. The minimum absolute atomic E-state index is 0.122. The minimum Gasteiger partial charge on any atom is -0.387 e. The van der Waals surface area contributed by atoms with E-state index in [9.17, 15) is 14.4 Å². The van der Waals surface area contributed by atoms with Crippen LogP contribution in [0.1, 0.15) is 26.4 Å². The highest BCUT2D eigenvalue weighted by atomic mass is 16.3. The van der Waals surface area contributed by atoms with E-state index in [4.69, 9.17) is 10.8 Å². The fourth-order valence-electron chi connectivity index (χ4n) is 2.15. The van der Waals surface area contributed by atoms with Crippen LogP contribution in [0, 0.1) is 0 Å². The molecule has 0 aliphatic heterocycles. The number of nitrogens with two attached hydrogens (primary N) is 1. The van der Waals surface area contributed by atoms with Gasteiger partial charge in [-0.15, -0.1) is 0 Å². The Kier molecular flexibility index (Phi) is 4.47. The van der Waals surface area contributed by atoms with E-state index in [2.05, 4.69) is 4.98 Å². The van der Waals surface area contributed by atoms with Crippen LogP contribution in [0.15, 0.2) is 24.3 Å². The summed E-state index contributed by atoms with van der Waals surface area (Å²) in [4.78, 5) is 39.6. The van der Waals surface area contributed by atoms with Crippen LogP contribution in [-0.4, -0.2) is 46.7 Å². The number of aliphatic hydroxyl groups is 1. The van der Waals surface area contributed by atoms with Gasteiger partial charge in [-0.25, -0.2) is 4.98 Å². The summed E-state index contributed by atoms with van der Waals surface area (Å²) in [5.74, 6) is -1.10. The van der Waals surface area contributed by atoms with Gasteiger partial charge in [0.05, 0.1) is 11.1 Å².